The smallest absolute Gasteiger partial charge is 0.348 e. The Morgan fingerprint density at radius 1 is 0.591 bits per heavy atom. The van der Waals surface area contributed by atoms with Gasteiger partial charge in [-0.1, -0.05) is 0 Å². The zero-order valence-electron chi connectivity index (χ0n) is 14.5. The highest BCUT2D eigenvalue weighted by molar-refractivity contribution is 8.16. The van der Waals surface area contributed by atoms with Crippen molar-refractivity contribution < 1.29 is 26.4 Å². The third-order valence-electron chi connectivity index (χ3n) is 4.60. The van der Waals surface area contributed by atoms with E-state index < -0.39 is 30.6 Å². The number of rotatable bonds is 8. The van der Waals surface area contributed by atoms with Crippen LogP contribution in [-0.4, -0.2) is 54.9 Å². The standard InChI is InChI=1S/C14H30O6S2/c1-7-21(17,8-2,9-3)19-13(15)14(16)20-22(18,10-4,11-5)12-6/h7-12H2,1-6H3. The Bertz CT molecular complexity index is 470. The third-order valence-corrected chi connectivity index (χ3v) is 13.5. The molecule has 0 saturated heterocycles. The normalized spacial score (nSPS) is 15.9. The van der Waals surface area contributed by atoms with Gasteiger partial charge in [0.2, 0.25) is 0 Å². The molecule has 134 valence electrons. The van der Waals surface area contributed by atoms with E-state index in [1.165, 1.54) is 0 Å². The lowest BCUT2D eigenvalue weighted by Gasteiger charge is -2.46. The van der Waals surface area contributed by atoms with E-state index in [1.54, 1.807) is 41.5 Å². The van der Waals surface area contributed by atoms with Gasteiger partial charge in [-0.2, -0.15) is 8.42 Å². The van der Waals surface area contributed by atoms with Crippen LogP contribution >= 0.6 is 0 Å². The van der Waals surface area contributed by atoms with Crippen molar-refractivity contribution in [2.75, 3.05) is 34.5 Å². The number of hydrogen-bond acceptors (Lipinski definition) is 6. The molecule has 0 aromatic carbocycles. The van der Waals surface area contributed by atoms with Crippen molar-refractivity contribution in [3.05, 3.63) is 0 Å². The molecule has 0 unspecified atom stereocenters. The number of carbonyl (C=O) groups excluding carboxylic acids is 2. The Hall–Kier alpha value is -0.760. The van der Waals surface area contributed by atoms with Crippen molar-refractivity contribution in [3.63, 3.8) is 0 Å². The largest absolute Gasteiger partial charge is 0.440 e. The maximum Gasteiger partial charge on any atom is 0.440 e. The van der Waals surface area contributed by atoms with Gasteiger partial charge in [-0.15, -0.1) is 18.7 Å². The zero-order chi connectivity index (χ0) is 17.7. The minimum atomic E-state index is -3.67. The summed E-state index contributed by atoms with van der Waals surface area (Å²) >= 11 is 0. The second-order valence-corrected chi connectivity index (χ2v) is 14.6. The van der Waals surface area contributed by atoms with Gasteiger partial charge in [0.15, 0.2) is 0 Å². The highest BCUT2D eigenvalue weighted by atomic mass is 32.3. The van der Waals surface area contributed by atoms with Gasteiger partial charge in [-0.3, -0.25) is 0 Å². The Balaban J connectivity index is 5.40. The lowest BCUT2D eigenvalue weighted by Crippen LogP contribution is -2.50. The van der Waals surface area contributed by atoms with Crippen LogP contribution in [0.5, 0.6) is 0 Å². The van der Waals surface area contributed by atoms with Crippen molar-refractivity contribution in [1.82, 2.24) is 0 Å². The molecule has 0 aromatic rings. The lowest BCUT2D eigenvalue weighted by molar-refractivity contribution is -0.155. The molecule has 6 nitrogen and oxygen atoms in total. The first-order valence-electron chi connectivity index (χ1n) is 7.71. The number of carbonyl (C=O) groups is 2. The third kappa shape index (κ3) is 4.16. The Kier molecular flexibility index (Phi) is 6.55. The molecule has 22 heavy (non-hydrogen) atoms. The van der Waals surface area contributed by atoms with E-state index in [2.05, 4.69) is 0 Å². The van der Waals surface area contributed by atoms with Crippen LogP contribution in [0.15, 0.2) is 0 Å². The molecule has 0 radical (unpaired) electrons. The molecule has 0 aromatic heterocycles. The van der Waals surface area contributed by atoms with E-state index in [1.807, 2.05) is 0 Å². The highest BCUT2D eigenvalue weighted by Crippen LogP contribution is 2.30. The van der Waals surface area contributed by atoms with Gasteiger partial charge >= 0.3 is 11.9 Å². The summed E-state index contributed by atoms with van der Waals surface area (Å²) < 4.78 is 36.0. The highest BCUT2D eigenvalue weighted by Gasteiger charge is 2.38. The second kappa shape index (κ2) is 6.78. The van der Waals surface area contributed by atoms with Crippen molar-refractivity contribution in [3.8, 4) is 0 Å². The van der Waals surface area contributed by atoms with Crippen LogP contribution in [0.1, 0.15) is 41.5 Å². The topological polar surface area (TPSA) is 86.7 Å². The van der Waals surface area contributed by atoms with Gasteiger partial charge in [0, 0.05) is 34.5 Å². The maximum absolute atomic E-state index is 12.9. The zero-order valence-corrected chi connectivity index (χ0v) is 16.1. The molecule has 0 aliphatic heterocycles. The van der Waals surface area contributed by atoms with Crippen LogP contribution < -0.4 is 0 Å². The molecule has 0 aliphatic carbocycles. The van der Waals surface area contributed by atoms with E-state index in [0.717, 1.165) is 0 Å². The van der Waals surface area contributed by atoms with Crippen molar-refractivity contribution in [2.45, 2.75) is 41.5 Å². The molecule has 0 N–H and O–H groups in total. The van der Waals surface area contributed by atoms with Crippen molar-refractivity contribution >= 4 is 30.6 Å². The summed E-state index contributed by atoms with van der Waals surface area (Å²) in [5.41, 5.74) is 0. The molecule has 0 rings (SSSR count). The molecule has 0 spiro atoms. The molecule has 0 heterocycles. The van der Waals surface area contributed by atoms with Crippen molar-refractivity contribution in [1.29, 1.82) is 0 Å². The summed E-state index contributed by atoms with van der Waals surface area (Å²) in [4.78, 5) is 24.0. The van der Waals surface area contributed by atoms with E-state index in [9.17, 15) is 18.0 Å². The fourth-order valence-corrected chi connectivity index (χ4v) is 6.09. The summed E-state index contributed by atoms with van der Waals surface area (Å²) in [7, 11) is -7.34. The summed E-state index contributed by atoms with van der Waals surface area (Å²) in [6, 6.07) is 0. The van der Waals surface area contributed by atoms with Crippen LogP contribution in [0.25, 0.3) is 0 Å². The first-order chi connectivity index (χ1) is 9.97. The monoisotopic (exact) mass is 358 g/mol. The molecule has 0 atom stereocenters. The SMILES string of the molecule is CCS(=O)(CC)(CC)OC(=O)C(=O)OS(=O)(CC)(CC)CC. The summed E-state index contributed by atoms with van der Waals surface area (Å²) in [6.45, 7) is 9.90. The van der Waals surface area contributed by atoms with Crippen LogP contribution in [-0.2, 0) is 36.6 Å². The first-order valence-corrected chi connectivity index (χ1v) is 12.5. The quantitative estimate of drug-likeness (QED) is 0.613. The Labute approximate surface area is 133 Å². The fraction of sp³-hybridized carbons (Fsp3) is 0.857. The second-order valence-electron chi connectivity index (χ2n) is 5.25. The number of hydrogen-bond donors (Lipinski definition) is 0. The lowest BCUT2D eigenvalue weighted by atomic mass is 10.7. The summed E-state index contributed by atoms with van der Waals surface area (Å²) in [6.07, 6.45) is 0. The van der Waals surface area contributed by atoms with E-state index >= 15 is 0 Å². The van der Waals surface area contributed by atoms with Gasteiger partial charge in [-0.25, -0.2) is 9.59 Å². The fourth-order valence-electron chi connectivity index (χ4n) is 2.03. The van der Waals surface area contributed by atoms with Crippen LogP contribution in [0.2, 0.25) is 0 Å². The van der Waals surface area contributed by atoms with Gasteiger partial charge in [0.25, 0.3) is 0 Å². The molecule has 0 amide bonds. The minimum Gasteiger partial charge on any atom is -0.348 e. The van der Waals surface area contributed by atoms with Gasteiger partial charge in [0.05, 0.1) is 0 Å². The predicted molar refractivity (Wildman–Crippen MR) is 91.7 cm³/mol. The van der Waals surface area contributed by atoms with Crippen LogP contribution in [0.4, 0.5) is 0 Å². The van der Waals surface area contributed by atoms with E-state index in [0.29, 0.717) is 0 Å². The molecule has 0 bridgehead atoms. The molecule has 0 saturated carbocycles. The molecule has 0 aliphatic rings. The molecule has 0 fully saturated rings. The van der Waals surface area contributed by atoms with Crippen LogP contribution in [0.3, 0.4) is 0 Å². The maximum atomic E-state index is 12.9. The molecular weight excluding hydrogens is 328 g/mol. The molecule has 8 heteroatoms. The summed E-state index contributed by atoms with van der Waals surface area (Å²) in [5.74, 6) is -1.83. The first kappa shape index (κ1) is 21.2. The van der Waals surface area contributed by atoms with E-state index in [-0.39, 0.29) is 34.5 Å². The van der Waals surface area contributed by atoms with Crippen molar-refractivity contribution in [2.24, 2.45) is 0 Å². The minimum absolute atomic E-state index is 0.137. The van der Waals surface area contributed by atoms with E-state index in [4.69, 9.17) is 8.37 Å². The summed E-state index contributed by atoms with van der Waals surface area (Å²) in [5, 5.41) is 0. The Morgan fingerprint density at radius 2 is 0.773 bits per heavy atom. The predicted octanol–water partition coefficient (Wildman–Crippen LogP) is 1.66. The average Bonchev–Trinajstić information content (AvgIpc) is 2.55. The molecular formula is C14H30O6S2. The average molecular weight is 359 g/mol. The van der Waals surface area contributed by atoms with Gasteiger partial charge in [-0.05, 0) is 41.5 Å². The van der Waals surface area contributed by atoms with Gasteiger partial charge < -0.3 is 8.37 Å². The Morgan fingerprint density at radius 3 is 0.909 bits per heavy atom. The van der Waals surface area contributed by atoms with Gasteiger partial charge in [0.1, 0.15) is 0 Å². The van der Waals surface area contributed by atoms with Crippen LogP contribution in [0, 0.1) is 0 Å².